The molecule has 0 fully saturated rings. The summed E-state index contributed by atoms with van der Waals surface area (Å²) in [5, 5.41) is 0. The lowest BCUT2D eigenvalue weighted by Gasteiger charge is -2.26. The Balaban J connectivity index is 2.02. The maximum absolute atomic E-state index is 11.7. The van der Waals surface area contributed by atoms with Crippen LogP contribution in [0.2, 0.25) is 0 Å². The Morgan fingerprint density at radius 3 is 2.80 bits per heavy atom. The Bertz CT molecular complexity index is 470. The SMILES string of the molecule is CCCCCCC(N)c1ccc2c(c1)CCC(=O)N2C. The standard InChI is InChI=1S/C17H26N2O/c1-3-4-5-6-7-15(18)13-8-10-16-14(12-13)9-11-17(20)19(16)2/h8,10,12,15H,3-7,9,11,18H2,1-2H3. The molecule has 1 unspecified atom stereocenters. The number of aryl methyl sites for hydroxylation is 1. The number of nitrogens with zero attached hydrogens (tertiary/aromatic N) is 1. The van der Waals surface area contributed by atoms with Gasteiger partial charge in [-0.1, -0.05) is 44.7 Å². The van der Waals surface area contributed by atoms with Gasteiger partial charge >= 0.3 is 0 Å². The molecule has 1 aliphatic heterocycles. The fraction of sp³-hybridized carbons (Fsp3) is 0.588. The summed E-state index contributed by atoms with van der Waals surface area (Å²) in [6.07, 6.45) is 7.52. The lowest BCUT2D eigenvalue weighted by molar-refractivity contribution is -0.118. The van der Waals surface area contributed by atoms with E-state index in [0.29, 0.717) is 6.42 Å². The Labute approximate surface area is 122 Å². The summed E-state index contributed by atoms with van der Waals surface area (Å²) >= 11 is 0. The molecule has 20 heavy (non-hydrogen) atoms. The van der Waals surface area contributed by atoms with E-state index in [2.05, 4.69) is 19.1 Å². The van der Waals surface area contributed by atoms with E-state index in [1.54, 1.807) is 4.90 Å². The Hall–Kier alpha value is -1.35. The van der Waals surface area contributed by atoms with Crippen molar-refractivity contribution in [3.05, 3.63) is 29.3 Å². The predicted molar refractivity (Wildman–Crippen MR) is 83.9 cm³/mol. The fourth-order valence-electron chi connectivity index (χ4n) is 2.86. The Morgan fingerprint density at radius 2 is 2.05 bits per heavy atom. The van der Waals surface area contributed by atoms with Gasteiger partial charge in [-0.25, -0.2) is 0 Å². The number of hydrogen-bond donors (Lipinski definition) is 1. The molecule has 1 aromatic carbocycles. The van der Waals surface area contributed by atoms with Crippen LogP contribution in [0, 0.1) is 0 Å². The summed E-state index contributed by atoms with van der Waals surface area (Å²) < 4.78 is 0. The number of amides is 1. The molecule has 2 N–H and O–H groups in total. The summed E-state index contributed by atoms with van der Waals surface area (Å²) in [5.74, 6) is 0.203. The summed E-state index contributed by atoms with van der Waals surface area (Å²) in [6, 6.07) is 6.45. The molecule has 0 bridgehead atoms. The van der Waals surface area contributed by atoms with Crippen molar-refractivity contribution in [2.24, 2.45) is 5.73 Å². The van der Waals surface area contributed by atoms with Gasteiger partial charge in [-0.05, 0) is 30.0 Å². The smallest absolute Gasteiger partial charge is 0.227 e. The molecule has 0 saturated carbocycles. The highest BCUT2D eigenvalue weighted by Gasteiger charge is 2.21. The zero-order valence-electron chi connectivity index (χ0n) is 12.7. The van der Waals surface area contributed by atoms with Crippen molar-refractivity contribution in [3.8, 4) is 0 Å². The van der Waals surface area contributed by atoms with Crippen LogP contribution in [0.4, 0.5) is 5.69 Å². The van der Waals surface area contributed by atoms with Gasteiger partial charge in [0, 0.05) is 25.2 Å². The number of carbonyl (C=O) groups is 1. The van der Waals surface area contributed by atoms with Crippen molar-refractivity contribution in [2.45, 2.75) is 57.9 Å². The first kappa shape index (κ1) is 15.0. The zero-order chi connectivity index (χ0) is 14.5. The summed E-state index contributed by atoms with van der Waals surface area (Å²) in [6.45, 7) is 2.22. The molecule has 0 saturated heterocycles. The minimum Gasteiger partial charge on any atom is -0.324 e. The van der Waals surface area contributed by atoms with Crippen LogP contribution >= 0.6 is 0 Å². The van der Waals surface area contributed by atoms with Gasteiger partial charge in [-0.2, -0.15) is 0 Å². The number of benzene rings is 1. The van der Waals surface area contributed by atoms with Gasteiger partial charge in [0.2, 0.25) is 5.91 Å². The van der Waals surface area contributed by atoms with Crippen LogP contribution in [0.25, 0.3) is 0 Å². The van der Waals surface area contributed by atoms with E-state index in [1.807, 2.05) is 13.1 Å². The number of fused-ring (bicyclic) bond motifs is 1. The maximum atomic E-state index is 11.7. The second kappa shape index (κ2) is 6.89. The highest BCUT2D eigenvalue weighted by atomic mass is 16.2. The van der Waals surface area contributed by atoms with E-state index in [1.165, 1.54) is 36.8 Å². The Kier molecular flexibility index (Phi) is 5.18. The van der Waals surface area contributed by atoms with Crippen LogP contribution in [0.5, 0.6) is 0 Å². The number of nitrogens with two attached hydrogens (primary N) is 1. The topological polar surface area (TPSA) is 46.3 Å². The minimum absolute atomic E-state index is 0.125. The molecule has 1 atom stereocenters. The molecule has 0 radical (unpaired) electrons. The van der Waals surface area contributed by atoms with Crippen LogP contribution in [0.3, 0.4) is 0 Å². The Morgan fingerprint density at radius 1 is 1.25 bits per heavy atom. The van der Waals surface area contributed by atoms with Gasteiger partial charge in [0.1, 0.15) is 0 Å². The molecule has 0 aliphatic carbocycles. The van der Waals surface area contributed by atoms with Crippen molar-refractivity contribution in [3.63, 3.8) is 0 Å². The minimum atomic E-state index is 0.125. The van der Waals surface area contributed by atoms with E-state index >= 15 is 0 Å². The van der Waals surface area contributed by atoms with Gasteiger partial charge in [-0.15, -0.1) is 0 Å². The van der Waals surface area contributed by atoms with Gasteiger partial charge in [0.05, 0.1) is 0 Å². The highest BCUT2D eigenvalue weighted by molar-refractivity contribution is 5.95. The molecule has 0 spiro atoms. The second-order valence-electron chi connectivity index (χ2n) is 5.80. The molecule has 2 rings (SSSR count). The number of carbonyl (C=O) groups excluding carboxylic acids is 1. The van der Waals surface area contributed by atoms with Crippen molar-refractivity contribution in [1.82, 2.24) is 0 Å². The third-order valence-corrected chi connectivity index (χ3v) is 4.24. The zero-order valence-corrected chi connectivity index (χ0v) is 12.7. The third kappa shape index (κ3) is 3.40. The van der Waals surface area contributed by atoms with Crippen molar-refractivity contribution >= 4 is 11.6 Å². The van der Waals surface area contributed by atoms with Crippen molar-refractivity contribution in [2.75, 3.05) is 11.9 Å². The van der Waals surface area contributed by atoms with Crippen LogP contribution in [0.1, 0.15) is 62.6 Å². The van der Waals surface area contributed by atoms with E-state index in [9.17, 15) is 4.79 Å². The molecule has 110 valence electrons. The van der Waals surface area contributed by atoms with E-state index in [4.69, 9.17) is 5.73 Å². The summed E-state index contributed by atoms with van der Waals surface area (Å²) in [5.41, 5.74) is 9.81. The number of rotatable bonds is 6. The molecule has 1 amide bonds. The average Bonchev–Trinajstić information content (AvgIpc) is 2.47. The number of anilines is 1. The van der Waals surface area contributed by atoms with Gasteiger partial charge in [0.15, 0.2) is 0 Å². The normalized spacial score (nSPS) is 16.1. The first-order valence-electron chi connectivity index (χ1n) is 7.78. The molecular weight excluding hydrogens is 248 g/mol. The molecule has 3 nitrogen and oxygen atoms in total. The van der Waals surface area contributed by atoms with Gasteiger partial charge in [-0.3, -0.25) is 4.79 Å². The molecule has 0 aromatic heterocycles. The monoisotopic (exact) mass is 274 g/mol. The lowest BCUT2D eigenvalue weighted by atomic mass is 9.94. The average molecular weight is 274 g/mol. The van der Waals surface area contributed by atoms with E-state index in [0.717, 1.165) is 18.5 Å². The molecular formula is C17H26N2O. The predicted octanol–water partition coefficient (Wildman–Crippen LogP) is 3.57. The molecule has 3 heteroatoms. The first-order chi connectivity index (χ1) is 9.63. The fourth-order valence-corrected chi connectivity index (χ4v) is 2.86. The van der Waals surface area contributed by atoms with Crippen LogP contribution in [-0.4, -0.2) is 13.0 Å². The van der Waals surface area contributed by atoms with Crippen molar-refractivity contribution < 1.29 is 4.79 Å². The number of hydrogen-bond acceptors (Lipinski definition) is 2. The summed E-state index contributed by atoms with van der Waals surface area (Å²) in [4.78, 5) is 13.4. The van der Waals surface area contributed by atoms with Crippen LogP contribution in [-0.2, 0) is 11.2 Å². The summed E-state index contributed by atoms with van der Waals surface area (Å²) in [7, 11) is 1.85. The van der Waals surface area contributed by atoms with Crippen LogP contribution in [0.15, 0.2) is 18.2 Å². The van der Waals surface area contributed by atoms with Crippen LogP contribution < -0.4 is 10.6 Å². The van der Waals surface area contributed by atoms with Gasteiger partial charge in [0.25, 0.3) is 0 Å². The second-order valence-corrected chi connectivity index (χ2v) is 5.80. The van der Waals surface area contributed by atoms with E-state index < -0.39 is 0 Å². The van der Waals surface area contributed by atoms with Crippen molar-refractivity contribution in [1.29, 1.82) is 0 Å². The quantitative estimate of drug-likeness (QED) is 0.806. The molecule has 1 aromatic rings. The maximum Gasteiger partial charge on any atom is 0.227 e. The van der Waals surface area contributed by atoms with E-state index in [-0.39, 0.29) is 11.9 Å². The highest BCUT2D eigenvalue weighted by Crippen LogP contribution is 2.30. The molecule has 1 heterocycles. The molecule has 1 aliphatic rings. The van der Waals surface area contributed by atoms with Gasteiger partial charge < -0.3 is 10.6 Å². The first-order valence-corrected chi connectivity index (χ1v) is 7.78. The third-order valence-electron chi connectivity index (χ3n) is 4.24. The lowest BCUT2D eigenvalue weighted by Crippen LogP contribution is -2.31. The number of unbranched alkanes of at least 4 members (excludes halogenated alkanes) is 3. The largest absolute Gasteiger partial charge is 0.324 e.